The summed E-state index contributed by atoms with van der Waals surface area (Å²) >= 11 is 0. The lowest BCUT2D eigenvalue weighted by Gasteiger charge is -2.22. The minimum Gasteiger partial charge on any atom is -0.356 e. The third-order valence-electron chi connectivity index (χ3n) is 5.37. The molecule has 152 valence electrons. The van der Waals surface area contributed by atoms with Crippen LogP contribution in [-0.4, -0.2) is 47.3 Å². The molecule has 1 aliphatic rings. The number of halogens is 1. The van der Waals surface area contributed by atoms with Crippen LogP contribution in [0.2, 0.25) is 0 Å². The molecule has 1 aromatic heterocycles. The highest BCUT2D eigenvalue weighted by Gasteiger charge is 2.25. The van der Waals surface area contributed by atoms with Gasteiger partial charge in [-0.15, -0.1) is 24.0 Å². The van der Waals surface area contributed by atoms with Crippen molar-refractivity contribution in [2.45, 2.75) is 18.8 Å². The maximum Gasteiger partial charge on any atom is 0.193 e. The van der Waals surface area contributed by atoms with E-state index < -0.39 is 0 Å². The Labute approximate surface area is 189 Å². The summed E-state index contributed by atoms with van der Waals surface area (Å²) < 4.78 is 1.88. The molecule has 1 N–H and O–H groups in total. The summed E-state index contributed by atoms with van der Waals surface area (Å²) in [6.07, 6.45) is 5.90. The molecule has 0 radical (unpaired) electrons. The average molecular weight is 501 g/mol. The highest BCUT2D eigenvalue weighted by atomic mass is 127. The minimum absolute atomic E-state index is 0. The Morgan fingerprint density at radius 3 is 2.59 bits per heavy atom. The van der Waals surface area contributed by atoms with Crippen molar-refractivity contribution in [1.82, 2.24) is 20.0 Å². The molecule has 0 saturated carbocycles. The lowest BCUT2D eigenvalue weighted by molar-refractivity contribution is 0.486. The van der Waals surface area contributed by atoms with E-state index in [4.69, 9.17) is 0 Å². The molecule has 6 heteroatoms. The van der Waals surface area contributed by atoms with E-state index in [0.717, 1.165) is 37.7 Å². The van der Waals surface area contributed by atoms with Crippen molar-refractivity contribution >= 4 is 29.9 Å². The van der Waals surface area contributed by atoms with E-state index in [-0.39, 0.29) is 24.0 Å². The first kappa shape index (κ1) is 21.4. The van der Waals surface area contributed by atoms with Crippen LogP contribution in [0, 0.1) is 0 Å². The highest BCUT2D eigenvalue weighted by molar-refractivity contribution is 14.0. The lowest BCUT2D eigenvalue weighted by Crippen LogP contribution is -2.40. The van der Waals surface area contributed by atoms with Crippen molar-refractivity contribution in [2.24, 2.45) is 4.99 Å². The van der Waals surface area contributed by atoms with Gasteiger partial charge in [0, 0.05) is 45.0 Å². The van der Waals surface area contributed by atoms with Gasteiger partial charge in [0.25, 0.3) is 0 Å². The molecular weight excluding hydrogens is 473 g/mol. The Morgan fingerprint density at radius 1 is 1.10 bits per heavy atom. The normalized spacial score (nSPS) is 16.5. The maximum atomic E-state index is 4.50. The number of aromatic nitrogens is 2. The topological polar surface area (TPSA) is 45.5 Å². The third kappa shape index (κ3) is 5.38. The van der Waals surface area contributed by atoms with Crippen LogP contribution in [0.1, 0.15) is 23.5 Å². The van der Waals surface area contributed by atoms with Crippen molar-refractivity contribution in [3.8, 4) is 5.69 Å². The molecule has 1 fully saturated rings. The first-order chi connectivity index (χ1) is 13.8. The number of hydrogen-bond acceptors (Lipinski definition) is 2. The van der Waals surface area contributed by atoms with Crippen molar-refractivity contribution < 1.29 is 0 Å². The Kier molecular flexibility index (Phi) is 7.69. The largest absolute Gasteiger partial charge is 0.356 e. The van der Waals surface area contributed by atoms with E-state index in [1.165, 1.54) is 17.5 Å². The number of nitrogens with zero attached hydrogens (tertiary/aromatic N) is 4. The fraction of sp³-hybridized carbons (Fsp3) is 0.304. The second-order valence-electron chi connectivity index (χ2n) is 7.18. The van der Waals surface area contributed by atoms with Crippen molar-refractivity contribution in [3.63, 3.8) is 0 Å². The summed E-state index contributed by atoms with van der Waals surface area (Å²) in [5.74, 6) is 1.60. The van der Waals surface area contributed by atoms with E-state index >= 15 is 0 Å². The van der Waals surface area contributed by atoms with Crippen LogP contribution in [0.25, 0.3) is 5.69 Å². The molecule has 2 aromatic carbocycles. The molecule has 1 atom stereocenters. The molecular formula is C23H28IN5. The fourth-order valence-corrected chi connectivity index (χ4v) is 3.84. The Morgan fingerprint density at radius 2 is 1.90 bits per heavy atom. The van der Waals surface area contributed by atoms with Gasteiger partial charge in [-0.2, -0.15) is 5.10 Å². The van der Waals surface area contributed by atoms with Gasteiger partial charge in [-0.05, 0) is 42.2 Å². The van der Waals surface area contributed by atoms with Crippen LogP contribution in [0.3, 0.4) is 0 Å². The maximum absolute atomic E-state index is 4.50. The van der Waals surface area contributed by atoms with E-state index in [1.54, 1.807) is 6.20 Å². The first-order valence-corrected chi connectivity index (χ1v) is 9.93. The molecule has 1 unspecified atom stereocenters. The zero-order chi connectivity index (χ0) is 19.2. The van der Waals surface area contributed by atoms with Gasteiger partial charge in [-0.1, -0.05) is 42.5 Å². The van der Waals surface area contributed by atoms with Crippen LogP contribution in [-0.2, 0) is 6.42 Å². The predicted molar refractivity (Wildman–Crippen MR) is 129 cm³/mol. The van der Waals surface area contributed by atoms with E-state index in [2.05, 4.69) is 74.9 Å². The number of hydrogen-bond donors (Lipinski definition) is 1. The molecule has 5 nitrogen and oxygen atoms in total. The molecule has 29 heavy (non-hydrogen) atoms. The van der Waals surface area contributed by atoms with Crippen molar-refractivity contribution in [2.75, 3.05) is 26.7 Å². The van der Waals surface area contributed by atoms with Gasteiger partial charge in [-0.25, -0.2) is 4.68 Å². The van der Waals surface area contributed by atoms with Crippen LogP contribution in [0.5, 0.6) is 0 Å². The van der Waals surface area contributed by atoms with E-state index in [0.29, 0.717) is 5.92 Å². The number of benzene rings is 2. The standard InChI is InChI=1S/C23H27N5.HI/c1-24-23(27-17-13-21(18-27)20-6-3-2-4-7-20)25-15-12-19-8-10-22(11-9-19)28-16-5-14-26-28;/h2-11,14,16,21H,12-13,15,17-18H2,1H3,(H,24,25);1H. The number of rotatable bonds is 5. The smallest absolute Gasteiger partial charge is 0.193 e. The zero-order valence-electron chi connectivity index (χ0n) is 16.7. The monoisotopic (exact) mass is 501 g/mol. The fourth-order valence-electron chi connectivity index (χ4n) is 3.84. The number of likely N-dealkylation sites (tertiary alicyclic amines) is 1. The second kappa shape index (κ2) is 10.4. The SMILES string of the molecule is CN=C(NCCc1ccc(-n2cccn2)cc1)N1CCC(c2ccccc2)C1.I. The highest BCUT2D eigenvalue weighted by Crippen LogP contribution is 2.26. The summed E-state index contributed by atoms with van der Waals surface area (Å²) in [6.45, 7) is 2.96. The summed E-state index contributed by atoms with van der Waals surface area (Å²) in [4.78, 5) is 6.87. The number of guanidine groups is 1. The van der Waals surface area contributed by atoms with Gasteiger partial charge < -0.3 is 10.2 Å². The number of aliphatic imine (C=N–C) groups is 1. The molecule has 4 rings (SSSR count). The van der Waals surface area contributed by atoms with Gasteiger partial charge in [0.1, 0.15) is 0 Å². The molecule has 3 aromatic rings. The molecule has 0 amide bonds. The van der Waals surface area contributed by atoms with Gasteiger partial charge in [0.2, 0.25) is 0 Å². The van der Waals surface area contributed by atoms with Gasteiger partial charge in [0.15, 0.2) is 5.96 Å². The molecule has 0 spiro atoms. The average Bonchev–Trinajstić information content (AvgIpc) is 3.45. The number of nitrogens with one attached hydrogen (secondary N) is 1. The van der Waals surface area contributed by atoms with E-state index in [9.17, 15) is 0 Å². The van der Waals surface area contributed by atoms with Gasteiger partial charge >= 0.3 is 0 Å². The van der Waals surface area contributed by atoms with Gasteiger partial charge in [0.05, 0.1) is 5.69 Å². The summed E-state index contributed by atoms with van der Waals surface area (Å²) in [6, 6.07) is 21.3. The molecule has 0 bridgehead atoms. The Balaban J connectivity index is 0.00000240. The van der Waals surface area contributed by atoms with Crippen LogP contribution in [0.15, 0.2) is 78.0 Å². The lowest BCUT2D eigenvalue weighted by atomic mass is 9.99. The Bertz CT molecular complexity index is 891. The zero-order valence-corrected chi connectivity index (χ0v) is 19.1. The predicted octanol–water partition coefficient (Wildman–Crippen LogP) is 4.10. The molecule has 0 aliphatic carbocycles. The van der Waals surface area contributed by atoms with Crippen molar-refractivity contribution in [3.05, 3.63) is 84.2 Å². The summed E-state index contributed by atoms with van der Waals surface area (Å²) in [7, 11) is 1.87. The van der Waals surface area contributed by atoms with Crippen LogP contribution in [0.4, 0.5) is 0 Å². The van der Waals surface area contributed by atoms with Gasteiger partial charge in [-0.3, -0.25) is 4.99 Å². The molecule has 2 heterocycles. The summed E-state index contributed by atoms with van der Waals surface area (Å²) in [5, 5.41) is 7.80. The Hall–Kier alpha value is -2.35. The molecule has 1 aliphatic heterocycles. The second-order valence-corrected chi connectivity index (χ2v) is 7.18. The van der Waals surface area contributed by atoms with Crippen molar-refractivity contribution in [1.29, 1.82) is 0 Å². The third-order valence-corrected chi connectivity index (χ3v) is 5.37. The summed E-state index contributed by atoms with van der Waals surface area (Å²) in [5.41, 5.74) is 3.82. The van der Waals surface area contributed by atoms with Crippen LogP contribution >= 0.6 is 24.0 Å². The quantitative estimate of drug-likeness (QED) is 0.326. The molecule has 1 saturated heterocycles. The van der Waals surface area contributed by atoms with Crippen LogP contribution < -0.4 is 5.32 Å². The van der Waals surface area contributed by atoms with E-state index in [1.807, 2.05) is 24.0 Å². The minimum atomic E-state index is 0. The first-order valence-electron chi connectivity index (χ1n) is 9.93.